The average molecular weight is 463 g/mol. The van der Waals surface area contributed by atoms with Gasteiger partial charge in [0.15, 0.2) is 0 Å². The van der Waals surface area contributed by atoms with Gasteiger partial charge in [0.05, 0.1) is 36.4 Å². The molecule has 9 nitrogen and oxygen atoms in total. The van der Waals surface area contributed by atoms with E-state index in [0.717, 1.165) is 12.0 Å². The molecule has 174 valence electrons. The summed E-state index contributed by atoms with van der Waals surface area (Å²) in [5, 5.41) is 11.2. The smallest absolute Gasteiger partial charge is 0.259 e. The zero-order chi connectivity index (χ0) is 23.2. The molecule has 0 radical (unpaired) electrons. The number of ether oxygens (including phenoxy) is 2. The molecule has 4 heterocycles. The van der Waals surface area contributed by atoms with Gasteiger partial charge in [-0.25, -0.2) is 8.91 Å². The quantitative estimate of drug-likeness (QED) is 0.462. The Morgan fingerprint density at radius 1 is 1.29 bits per heavy atom. The van der Waals surface area contributed by atoms with E-state index in [1.54, 1.807) is 22.8 Å². The van der Waals surface area contributed by atoms with Crippen LogP contribution in [-0.2, 0) is 4.74 Å². The lowest BCUT2D eigenvalue weighted by atomic mass is 10.1. The second-order valence-corrected chi connectivity index (χ2v) is 8.65. The Bertz CT molecular complexity index is 1380. The number of carbonyl (C=O) groups excluding carboxylic acids is 1. The number of nitrogens with zero attached hydrogens (tertiary/aromatic N) is 4. The monoisotopic (exact) mass is 463 g/mol. The molecular formula is C24H22FN5O4. The molecule has 0 bridgehead atoms. The lowest BCUT2D eigenvalue weighted by Gasteiger charge is -2.12. The Morgan fingerprint density at radius 3 is 2.97 bits per heavy atom. The first-order valence-electron chi connectivity index (χ1n) is 11.2. The predicted molar refractivity (Wildman–Crippen MR) is 120 cm³/mol. The topological polar surface area (TPSA) is 104 Å². The molecule has 1 N–H and O–H groups in total. The maximum atomic E-state index is 13.3. The van der Waals surface area contributed by atoms with Crippen LogP contribution >= 0.6 is 0 Å². The van der Waals surface area contributed by atoms with Crippen LogP contribution in [0.2, 0.25) is 0 Å². The minimum absolute atomic E-state index is 0.00870. The number of benzene rings is 1. The van der Waals surface area contributed by atoms with Crippen molar-refractivity contribution in [2.45, 2.75) is 38.0 Å². The highest BCUT2D eigenvalue weighted by atomic mass is 19.1. The summed E-state index contributed by atoms with van der Waals surface area (Å²) in [6.45, 7) is 3.14. The third-order valence-corrected chi connectivity index (χ3v) is 6.14. The van der Waals surface area contributed by atoms with Crippen LogP contribution in [0.3, 0.4) is 0 Å². The molecule has 4 aromatic rings. The molecule has 3 atom stereocenters. The number of nitrogens with one attached hydrogen (secondary N) is 1. The summed E-state index contributed by atoms with van der Waals surface area (Å²) >= 11 is 0. The molecule has 2 fully saturated rings. The summed E-state index contributed by atoms with van der Waals surface area (Å²) in [7, 11) is 0. The fraction of sp³-hybridized carbons (Fsp3) is 0.333. The van der Waals surface area contributed by atoms with Crippen LogP contribution in [-0.4, -0.2) is 51.2 Å². The van der Waals surface area contributed by atoms with Crippen LogP contribution in [0, 0.1) is 6.92 Å². The highest BCUT2D eigenvalue weighted by Crippen LogP contribution is 2.43. The maximum absolute atomic E-state index is 13.3. The molecule has 10 heteroatoms. The van der Waals surface area contributed by atoms with Crippen molar-refractivity contribution >= 4 is 17.1 Å². The van der Waals surface area contributed by atoms with Crippen molar-refractivity contribution in [3.05, 3.63) is 59.7 Å². The van der Waals surface area contributed by atoms with Gasteiger partial charge in [0.1, 0.15) is 18.0 Å². The Hall–Kier alpha value is -3.79. The average Bonchev–Trinajstić information content (AvgIpc) is 3.29. The van der Waals surface area contributed by atoms with E-state index in [2.05, 4.69) is 20.6 Å². The van der Waals surface area contributed by atoms with Gasteiger partial charge in [-0.1, -0.05) is 17.3 Å². The number of aryl methyl sites for hydroxylation is 1. The molecular weight excluding hydrogens is 441 g/mol. The minimum atomic E-state index is -0.913. The summed E-state index contributed by atoms with van der Waals surface area (Å²) in [4.78, 5) is 17.5. The van der Waals surface area contributed by atoms with E-state index < -0.39 is 6.17 Å². The highest BCUT2D eigenvalue weighted by Gasteiger charge is 2.43. The molecule has 34 heavy (non-hydrogen) atoms. The van der Waals surface area contributed by atoms with Crippen molar-refractivity contribution in [3.63, 3.8) is 0 Å². The second kappa shape index (κ2) is 8.21. The van der Waals surface area contributed by atoms with Gasteiger partial charge in [-0.15, -0.1) is 0 Å². The SMILES string of the molecule is Cc1ccc(-c2noc([C@H]3C[C@@H]3F)n2)cc1NC(=O)c1cnn2ccc(O[C@@H]3CCOC3)cc12. The van der Waals surface area contributed by atoms with E-state index in [1.807, 2.05) is 25.1 Å². The molecule has 1 saturated carbocycles. The fourth-order valence-electron chi connectivity index (χ4n) is 4.02. The van der Waals surface area contributed by atoms with Gasteiger partial charge in [-0.05, 0) is 31.0 Å². The molecule has 3 aromatic heterocycles. The van der Waals surface area contributed by atoms with E-state index in [1.165, 1.54) is 6.20 Å². The highest BCUT2D eigenvalue weighted by molar-refractivity contribution is 6.09. The first kappa shape index (κ1) is 20.8. The number of hydrogen-bond donors (Lipinski definition) is 1. The number of fused-ring (bicyclic) bond motifs is 1. The number of amides is 1. The number of rotatable bonds is 6. The largest absolute Gasteiger partial charge is 0.488 e. The number of carbonyl (C=O) groups is 1. The first-order chi connectivity index (χ1) is 16.5. The van der Waals surface area contributed by atoms with Crippen LogP contribution < -0.4 is 10.1 Å². The number of hydrogen-bond acceptors (Lipinski definition) is 7. The molecule has 0 spiro atoms. The molecule has 1 aliphatic carbocycles. The second-order valence-electron chi connectivity index (χ2n) is 8.65. The first-order valence-corrected chi connectivity index (χ1v) is 11.2. The summed E-state index contributed by atoms with van der Waals surface area (Å²) in [5.74, 6) is 0.718. The molecule has 1 aliphatic heterocycles. The van der Waals surface area contributed by atoms with E-state index in [9.17, 15) is 9.18 Å². The van der Waals surface area contributed by atoms with E-state index in [0.29, 0.717) is 59.4 Å². The Labute approximate surface area is 193 Å². The maximum Gasteiger partial charge on any atom is 0.259 e. The lowest BCUT2D eigenvalue weighted by Crippen LogP contribution is -2.16. The zero-order valence-corrected chi connectivity index (χ0v) is 18.4. The van der Waals surface area contributed by atoms with Crippen LogP contribution in [0.15, 0.2) is 47.2 Å². The van der Waals surface area contributed by atoms with Gasteiger partial charge in [0.25, 0.3) is 5.91 Å². The van der Waals surface area contributed by atoms with Gasteiger partial charge in [0.2, 0.25) is 11.7 Å². The van der Waals surface area contributed by atoms with Gasteiger partial charge in [0, 0.05) is 29.9 Å². The van der Waals surface area contributed by atoms with Crippen molar-refractivity contribution in [2.24, 2.45) is 0 Å². The van der Waals surface area contributed by atoms with Crippen molar-refractivity contribution in [3.8, 4) is 17.1 Å². The third kappa shape index (κ3) is 3.90. The fourth-order valence-corrected chi connectivity index (χ4v) is 4.02. The van der Waals surface area contributed by atoms with Gasteiger partial charge in [-0.3, -0.25) is 4.79 Å². The van der Waals surface area contributed by atoms with Crippen molar-refractivity contribution in [2.75, 3.05) is 18.5 Å². The number of anilines is 1. The molecule has 1 aromatic carbocycles. The molecule has 1 saturated heterocycles. The standard InChI is InChI=1S/C24H22FN5O4/c1-13-2-3-14(22-28-24(34-29-22)17-10-19(17)25)8-20(13)27-23(31)18-11-26-30-6-4-15(9-21(18)30)33-16-5-7-32-12-16/h2-4,6,8-9,11,16-17,19H,5,7,10,12H2,1H3,(H,27,31)/t16-,17+,19+/m1/s1. The number of halogens is 1. The van der Waals surface area contributed by atoms with Gasteiger partial charge < -0.3 is 19.3 Å². The zero-order valence-electron chi connectivity index (χ0n) is 18.4. The normalized spacial score (nSPS) is 21.6. The molecule has 1 amide bonds. The number of aromatic nitrogens is 4. The van der Waals surface area contributed by atoms with E-state index >= 15 is 0 Å². The Balaban J connectivity index is 1.24. The summed E-state index contributed by atoms with van der Waals surface area (Å²) in [6.07, 6.45) is 3.64. The number of alkyl halides is 1. The predicted octanol–water partition coefficient (Wildman–Crippen LogP) is 3.94. The van der Waals surface area contributed by atoms with Crippen LogP contribution in [0.1, 0.15) is 40.6 Å². The summed E-state index contributed by atoms with van der Waals surface area (Å²) in [6, 6.07) is 9.11. The van der Waals surface area contributed by atoms with Gasteiger partial charge in [-0.2, -0.15) is 10.1 Å². The third-order valence-electron chi connectivity index (χ3n) is 6.14. The molecule has 6 rings (SSSR count). The van der Waals surface area contributed by atoms with Crippen molar-refractivity contribution < 1.29 is 23.2 Å². The van der Waals surface area contributed by atoms with Gasteiger partial charge >= 0.3 is 0 Å². The van der Waals surface area contributed by atoms with Crippen LogP contribution in [0.5, 0.6) is 5.75 Å². The van der Waals surface area contributed by atoms with Crippen molar-refractivity contribution in [1.29, 1.82) is 0 Å². The Kier molecular flexibility index (Phi) is 5.02. The van der Waals surface area contributed by atoms with E-state index in [4.69, 9.17) is 14.0 Å². The van der Waals surface area contributed by atoms with Crippen LogP contribution in [0.25, 0.3) is 16.9 Å². The minimum Gasteiger partial charge on any atom is -0.488 e. The van der Waals surface area contributed by atoms with E-state index in [-0.39, 0.29) is 17.9 Å². The molecule has 2 aliphatic rings. The number of pyridine rings is 1. The lowest BCUT2D eigenvalue weighted by molar-refractivity contribution is 0.102. The van der Waals surface area contributed by atoms with Crippen molar-refractivity contribution in [1.82, 2.24) is 19.8 Å². The summed E-state index contributed by atoms with van der Waals surface area (Å²) < 4.78 is 31.5. The Morgan fingerprint density at radius 2 is 2.18 bits per heavy atom. The summed E-state index contributed by atoms with van der Waals surface area (Å²) in [5.41, 5.74) is 3.20. The van der Waals surface area contributed by atoms with Crippen LogP contribution in [0.4, 0.5) is 10.1 Å². The molecule has 0 unspecified atom stereocenters.